The highest BCUT2D eigenvalue weighted by molar-refractivity contribution is 9.11. The monoisotopic (exact) mass is 334 g/mol. The quantitative estimate of drug-likeness (QED) is 0.842. The molecule has 1 rings (SSSR count). The highest BCUT2D eigenvalue weighted by Gasteiger charge is 2.45. The Morgan fingerprint density at radius 1 is 1.39 bits per heavy atom. The number of halogens is 1. The van der Waals surface area contributed by atoms with Crippen molar-refractivity contribution in [3.63, 3.8) is 0 Å². The van der Waals surface area contributed by atoms with Gasteiger partial charge in [0.1, 0.15) is 6.10 Å². The maximum Gasteiger partial charge on any atom is 0.168 e. The Kier molecular flexibility index (Phi) is 4.98. The van der Waals surface area contributed by atoms with E-state index in [1.807, 2.05) is 25.1 Å². The van der Waals surface area contributed by atoms with Crippen molar-refractivity contribution in [1.29, 1.82) is 0 Å². The molecule has 0 heterocycles. The average molecular weight is 335 g/mol. The van der Waals surface area contributed by atoms with Crippen molar-refractivity contribution in [1.82, 2.24) is 0 Å². The zero-order valence-electron chi connectivity index (χ0n) is 10.9. The van der Waals surface area contributed by atoms with Gasteiger partial charge in [-0.3, -0.25) is 0 Å². The van der Waals surface area contributed by atoms with Gasteiger partial charge >= 0.3 is 0 Å². The van der Waals surface area contributed by atoms with Crippen molar-refractivity contribution < 1.29 is 13.5 Å². The van der Waals surface area contributed by atoms with Crippen molar-refractivity contribution in [3.05, 3.63) is 35.4 Å². The molecule has 0 saturated carbocycles. The van der Waals surface area contributed by atoms with E-state index in [1.165, 1.54) is 0 Å². The molecule has 1 aromatic rings. The molecular weight excluding hydrogens is 316 g/mol. The number of benzene rings is 1. The van der Waals surface area contributed by atoms with Gasteiger partial charge in [-0.1, -0.05) is 59.6 Å². The summed E-state index contributed by atoms with van der Waals surface area (Å²) in [6, 6.07) is 7.28. The highest BCUT2D eigenvalue weighted by Crippen LogP contribution is 2.42. The van der Waals surface area contributed by atoms with Gasteiger partial charge in [0, 0.05) is 5.75 Å². The molecule has 1 aromatic carbocycles. The molecule has 0 radical (unpaired) electrons. The minimum Gasteiger partial charge on any atom is -0.386 e. The van der Waals surface area contributed by atoms with Crippen LogP contribution in [0.4, 0.5) is 0 Å². The van der Waals surface area contributed by atoms with Crippen LogP contribution < -0.4 is 0 Å². The Morgan fingerprint density at radius 3 is 2.44 bits per heavy atom. The first-order chi connectivity index (χ1) is 8.28. The predicted octanol–water partition coefficient (Wildman–Crippen LogP) is 2.96. The second-order valence-corrected chi connectivity index (χ2v) is 8.84. The summed E-state index contributed by atoms with van der Waals surface area (Å²) >= 11 is 3.25. The fourth-order valence-electron chi connectivity index (χ4n) is 1.91. The number of hydrogen-bond acceptors (Lipinski definition) is 3. The third kappa shape index (κ3) is 2.78. The molecule has 0 fully saturated rings. The SMILES string of the molecule is CC[C@@](Br)([C@@H](O)c1cccc(C)c1)S(=O)(=O)CC. The lowest BCUT2D eigenvalue weighted by Gasteiger charge is -2.31. The Bertz CT molecular complexity index is 513. The van der Waals surface area contributed by atoms with E-state index in [-0.39, 0.29) is 5.75 Å². The number of aryl methyl sites for hydroxylation is 1. The second-order valence-electron chi connectivity index (χ2n) is 4.36. The van der Waals surface area contributed by atoms with Crippen LogP contribution in [0.15, 0.2) is 24.3 Å². The number of rotatable bonds is 5. The Labute approximate surface area is 117 Å². The number of alkyl halides is 1. The zero-order chi connectivity index (χ0) is 14.0. The van der Waals surface area contributed by atoms with Gasteiger partial charge in [-0.2, -0.15) is 0 Å². The molecule has 0 spiro atoms. The summed E-state index contributed by atoms with van der Waals surface area (Å²) < 4.78 is 23.0. The van der Waals surface area contributed by atoms with Crippen LogP contribution in [0.2, 0.25) is 0 Å². The van der Waals surface area contributed by atoms with Crippen LogP contribution in [0.1, 0.15) is 37.5 Å². The predicted molar refractivity (Wildman–Crippen MR) is 77.5 cm³/mol. The molecule has 0 aliphatic heterocycles. The lowest BCUT2D eigenvalue weighted by molar-refractivity contribution is 0.160. The number of aliphatic hydroxyl groups excluding tert-OH is 1. The van der Waals surface area contributed by atoms with Crippen LogP contribution in [-0.4, -0.2) is 22.9 Å². The largest absolute Gasteiger partial charge is 0.386 e. The summed E-state index contributed by atoms with van der Waals surface area (Å²) in [5.41, 5.74) is 1.61. The van der Waals surface area contributed by atoms with Crippen LogP contribution in [0.5, 0.6) is 0 Å². The van der Waals surface area contributed by atoms with Gasteiger partial charge in [-0.25, -0.2) is 8.42 Å². The van der Waals surface area contributed by atoms with Crippen LogP contribution >= 0.6 is 15.9 Å². The smallest absolute Gasteiger partial charge is 0.168 e. The van der Waals surface area contributed by atoms with Crippen molar-refractivity contribution in [2.24, 2.45) is 0 Å². The molecule has 0 aliphatic carbocycles. The van der Waals surface area contributed by atoms with Crippen molar-refractivity contribution in [2.75, 3.05) is 5.75 Å². The third-order valence-electron chi connectivity index (χ3n) is 3.15. The zero-order valence-corrected chi connectivity index (χ0v) is 13.3. The van der Waals surface area contributed by atoms with E-state index in [9.17, 15) is 13.5 Å². The summed E-state index contributed by atoms with van der Waals surface area (Å²) in [5.74, 6) is -0.00499. The first-order valence-corrected chi connectivity index (χ1v) is 8.39. The van der Waals surface area contributed by atoms with Gasteiger partial charge in [0.15, 0.2) is 13.5 Å². The fraction of sp³-hybridized carbons (Fsp3) is 0.538. The van der Waals surface area contributed by atoms with E-state index in [2.05, 4.69) is 15.9 Å². The van der Waals surface area contributed by atoms with Gasteiger partial charge in [0.05, 0.1) is 0 Å². The molecule has 102 valence electrons. The van der Waals surface area contributed by atoms with Crippen molar-refractivity contribution >= 4 is 25.8 Å². The summed E-state index contributed by atoms with van der Waals surface area (Å²) in [5, 5.41) is 10.4. The molecule has 0 unspecified atom stereocenters. The highest BCUT2D eigenvalue weighted by atomic mass is 79.9. The van der Waals surface area contributed by atoms with E-state index in [0.717, 1.165) is 5.56 Å². The first-order valence-electron chi connectivity index (χ1n) is 5.94. The van der Waals surface area contributed by atoms with E-state index in [4.69, 9.17) is 0 Å². The molecule has 3 nitrogen and oxygen atoms in total. The minimum atomic E-state index is -3.40. The van der Waals surface area contributed by atoms with Gasteiger partial charge in [-0.15, -0.1) is 0 Å². The lowest BCUT2D eigenvalue weighted by Crippen LogP contribution is -2.39. The average Bonchev–Trinajstić information content (AvgIpc) is 2.36. The first kappa shape index (κ1) is 15.7. The normalized spacial score (nSPS) is 17.2. The van der Waals surface area contributed by atoms with E-state index in [1.54, 1.807) is 19.9 Å². The molecular formula is C13H19BrO3S. The fourth-order valence-corrected chi connectivity index (χ4v) is 4.26. The molecule has 0 aliphatic rings. The lowest BCUT2D eigenvalue weighted by atomic mass is 10.0. The molecule has 0 amide bonds. The van der Waals surface area contributed by atoms with E-state index < -0.39 is 19.6 Å². The molecule has 0 saturated heterocycles. The van der Waals surface area contributed by atoms with Gasteiger partial charge in [0.25, 0.3) is 0 Å². The van der Waals surface area contributed by atoms with Gasteiger partial charge in [-0.05, 0) is 18.9 Å². The Morgan fingerprint density at radius 2 is 2.00 bits per heavy atom. The Balaban J connectivity index is 3.26. The van der Waals surface area contributed by atoms with E-state index in [0.29, 0.717) is 12.0 Å². The Hall–Kier alpha value is -0.390. The molecule has 1 N–H and O–H groups in total. The summed E-state index contributed by atoms with van der Waals surface area (Å²) in [6.07, 6.45) is -0.773. The molecule has 0 aromatic heterocycles. The third-order valence-corrected chi connectivity index (χ3v) is 7.93. The summed E-state index contributed by atoms with van der Waals surface area (Å²) in [4.78, 5) is 0. The maximum absolute atomic E-state index is 12.1. The summed E-state index contributed by atoms with van der Waals surface area (Å²) in [6.45, 7) is 5.25. The number of hydrogen-bond donors (Lipinski definition) is 1. The van der Waals surface area contributed by atoms with Crippen LogP contribution in [0.3, 0.4) is 0 Å². The maximum atomic E-state index is 12.1. The summed E-state index contributed by atoms with van der Waals surface area (Å²) in [7, 11) is -3.40. The van der Waals surface area contributed by atoms with Crippen molar-refractivity contribution in [3.8, 4) is 0 Å². The van der Waals surface area contributed by atoms with Gasteiger partial charge in [0.2, 0.25) is 0 Å². The van der Waals surface area contributed by atoms with Crippen molar-refractivity contribution in [2.45, 2.75) is 37.0 Å². The number of aliphatic hydroxyl groups is 1. The molecule has 2 atom stereocenters. The van der Waals surface area contributed by atoms with Crippen LogP contribution in [0, 0.1) is 6.92 Å². The minimum absolute atomic E-state index is 0.00499. The number of sulfone groups is 1. The van der Waals surface area contributed by atoms with Crippen LogP contribution in [0.25, 0.3) is 0 Å². The standard InChI is InChI=1S/C13H19BrO3S/c1-4-13(14,18(16,17)5-2)12(15)11-8-6-7-10(3)9-11/h6-9,12,15H,4-5H2,1-3H3/t12-,13-/m0/s1. The second kappa shape index (κ2) is 5.72. The van der Waals surface area contributed by atoms with Gasteiger partial charge < -0.3 is 5.11 Å². The van der Waals surface area contributed by atoms with Crippen LogP contribution in [-0.2, 0) is 9.84 Å². The molecule has 18 heavy (non-hydrogen) atoms. The molecule has 0 bridgehead atoms. The topological polar surface area (TPSA) is 54.4 Å². The molecule has 5 heteroatoms. The van der Waals surface area contributed by atoms with E-state index >= 15 is 0 Å².